The van der Waals surface area contributed by atoms with Gasteiger partial charge in [0.2, 0.25) is 0 Å². The van der Waals surface area contributed by atoms with Crippen LogP contribution >= 0.6 is 0 Å². The summed E-state index contributed by atoms with van der Waals surface area (Å²) in [5.74, 6) is -1.14. The van der Waals surface area contributed by atoms with Crippen molar-refractivity contribution in [3.63, 3.8) is 0 Å². The number of hydrogen-bond acceptors (Lipinski definition) is 5. The third-order valence-electron chi connectivity index (χ3n) is 2.76. The number of nitrogens with zero attached hydrogens (tertiary/aromatic N) is 1. The van der Waals surface area contributed by atoms with Gasteiger partial charge in [-0.25, -0.2) is 14.6 Å². The van der Waals surface area contributed by atoms with Crippen LogP contribution in [0, 0.1) is 0 Å². The van der Waals surface area contributed by atoms with Gasteiger partial charge in [0, 0.05) is 6.20 Å². The van der Waals surface area contributed by atoms with E-state index < -0.39 is 17.5 Å². The number of nitrogens with one attached hydrogen (secondary N) is 1. The summed E-state index contributed by atoms with van der Waals surface area (Å²) >= 11 is 0. The predicted octanol–water partition coefficient (Wildman–Crippen LogP) is 1.53. The molecule has 1 unspecified atom stereocenters. The number of esters is 1. The molecule has 0 bridgehead atoms. The van der Waals surface area contributed by atoms with Gasteiger partial charge in [-0.1, -0.05) is 6.92 Å². The minimum absolute atomic E-state index is 0.318. The maximum atomic E-state index is 11.3. The summed E-state index contributed by atoms with van der Waals surface area (Å²) < 4.78 is 4.58. The normalized spacial score (nSPS) is 13.5. The Balaban J connectivity index is 2.98. The van der Waals surface area contributed by atoms with E-state index in [9.17, 15) is 9.59 Å². The number of aromatic nitrogens is 1. The van der Waals surface area contributed by atoms with Gasteiger partial charge < -0.3 is 15.2 Å². The molecule has 1 aromatic rings. The lowest BCUT2D eigenvalue weighted by Gasteiger charge is -2.25. The van der Waals surface area contributed by atoms with Crippen molar-refractivity contribution in [3.8, 4) is 0 Å². The van der Waals surface area contributed by atoms with Gasteiger partial charge >= 0.3 is 11.9 Å². The van der Waals surface area contributed by atoms with Gasteiger partial charge in [-0.15, -0.1) is 0 Å². The van der Waals surface area contributed by atoms with Crippen LogP contribution in [0.5, 0.6) is 0 Å². The highest BCUT2D eigenvalue weighted by Gasteiger charge is 2.31. The molecule has 0 fully saturated rings. The second-order valence-corrected chi connectivity index (χ2v) is 4.04. The quantitative estimate of drug-likeness (QED) is 0.773. The van der Waals surface area contributed by atoms with Crippen LogP contribution in [0.4, 0.5) is 5.82 Å². The van der Waals surface area contributed by atoms with Crippen molar-refractivity contribution in [3.05, 3.63) is 23.9 Å². The lowest BCUT2D eigenvalue weighted by atomic mass is 9.99. The van der Waals surface area contributed by atoms with Crippen LogP contribution in [0.15, 0.2) is 18.3 Å². The Labute approximate surface area is 105 Å². The van der Waals surface area contributed by atoms with Gasteiger partial charge in [-0.2, -0.15) is 0 Å². The zero-order chi connectivity index (χ0) is 13.8. The summed E-state index contributed by atoms with van der Waals surface area (Å²) in [5.41, 5.74) is -0.805. The van der Waals surface area contributed by atoms with E-state index in [1.54, 1.807) is 13.8 Å². The Morgan fingerprint density at radius 2 is 2.22 bits per heavy atom. The van der Waals surface area contributed by atoms with E-state index >= 15 is 0 Å². The summed E-state index contributed by atoms with van der Waals surface area (Å²) in [6.45, 7) is 3.31. The fourth-order valence-corrected chi connectivity index (χ4v) is 1.32. The summed E-state index contributed by atoms with van der Waals surface area (Å²) in [6, 6.07) is 2.96. The third kappa shape index (κ3) is 2.97. The number of anilines is 1. The first-order valence-corrected chi connectivity index (χ1v) is 5.49. The Morgan fingerprint density at radius 3 is 2.72 bits per heavy atom. The van der Waals surface area contributed by atoms with Crippen LogP contribution in [0.3, 0.4) is 0 Å². The summed E-state index contributed by atoms with van der Waals surface area (Å²) in [4.78, 5) is 26.5. The zero-order valence-corrected chi connectivity index (χ0v) is 10.6. The molecule has 6 heteroatoms. The average molecular weight is 252 g/mol. The number of pyridine rings is 1. The van der Waals surface area contributed by atoms with Crippen LogP contribution in [0.2, 0.25) is 0 Å². The minimum atomic E-state index is -1.12. The van der Waals surface area contributed by atoms with Gasteiger partial charge in [0.1, 0.15) is 11.4 Å². The molecule has 1 aromatic heterocycles. The van der Waals surface area contributed by atoms with E-state index in [0.717, 1.165) is 0 Å². The lowest BCUT2D eigenvalue weighted by molar-refractivity contribution is -0.141. The number of carboxylic acids is 1. The van der Waals surface area contributed by atoms with Crippen molar-refractivity contribution < 1.29 is 19.4 Å². The monoisotopic (exact) mass is 252 g/mol. The molecule has 0 saturated heterocycles. The van der Waals surface area contributed by atoms with Crippen molar-refractivity contribution in [2.24, 2.45) is 0 Å². The molecule has 1 atom stereocenters. The average Bonchev–Trinajstić information content (AvgIpc) is 2.37. The molecular weight excluding hydrogens is 236 g/mol. The summed E-state index contributed by atoms with van der Waals surface area (Å²) in [5, 5.41) is 11.9. The van der Waals surface area contributed by atoms with Crippen LogP contribution in [0.25, 0.3) is 0 Å². The van der Waals surface area contributed by atoms with E-state index in [0.29, 0.717) is 17.8 Å². The molecule has 0 saturated carbocycles. The van der Waals surface area contributed by atoms with Gasteiger partial charge in [-0.05, 0) is 25.5 Å². The summed E-state index contributed by atoms with van der Waals surface area (Å²) in [6.07, 6.45) is 1.80. The molecule has 1 rings (SSSR count). The molecule has 0 radical (unpaired) electrons. The molecule has 0 aliphatic rings. The van der Waals surface area contributed by atoms with Crippen molar-refractivity contribution in [2.75, 3.05) is 12.4 Å². The summed E-state index contributed by atoms with van der Waals surface area (Å²) in [7, 11) is 1.28. The standard InChI is InChI=1S/C12H16N2O4/c1-4-12(2,11(16)17)14-9-7-8(5-6-13-9)10(15)18-3/h5-7H,4H2,1-3H3,(H,13,14)(H,16,17). The smallest absolute Gasteiger partial charge is 0.338 e. The Hall–Kier alpha value is -2.11. The number of ether oxygens (including phenoxy) is 1. The van der Waals surface area contributed by atoms with E-state index in [2.05, 4.69) is 15.0 Å². The fraction of sp³-hybridized carbons (Fsp3) is 0.417. The molecule has 0 aromatic carbocycles. The molecule has 0 spiro atoms. The molecule has 0 amide bonds. The molecule has 0 aliphatic carbocycles. The first kappa shape index (κ1) is 14.0. The highest BCUT2D eigenvalue weighted by atomic mass is 16.5. The molecule has 0 aliphatic heterocycles. The topological polar surface area (TPSA) is 88.5 Å². The van der Waals surface area contributed by atoms with E-state index in [4.69, 9.17) is 5.11 Å². The molecule has 2 N–H and O–H groups in total. The Bertz CT molecular complexity index is 461. The fourth-order valence-electron chi connectivity index (χ4n) is 1.32. The highest BCUT2D eigenvalue weighted by molar-refractivity contribution is 5.90. The van der Waals surface area contributed by atoms with Crippen molar-refractivity contribution in [1.82, 2.24) is 4.98 Å². The first-order chi connectivity index (χ1) is 8.42. The number of carboxylic acid groups (broad SMARTS) is 1. The SMILES string of the molecule is CCC(C)(Nc1cc(C(=O)OC)ccn1)C(=O)O. The number of aliphatic carboxylic acids is 1. The minimum Gasteiger partial charge on any atom is -0.480 e. The second kappa shape index (κ2) is 5.48. The van der Waals surface area contributed by atoms with E-state index in [-0.39, 0.29) is 0 Å². The number of hydrogen-bond donors (Lipinski definition) is 2. The Morgan fingerprint density at radius 1 is 1.56 bits per heavy atom. The van der Waals surface area contributed by atoms with Gasteiger partial charge in [0.05, 0.1) is 12.7 Å². The maximum absolute atomic E-state index is 11.3. The van der Waals surface area contributed by atoms with Gasteiger partial charge in [0.25, 0.3) is 0 Å². The molecule has 98 valence electrons. The molecule has 6 nitrogen and oxygen atoms in total. The zero-order valence-electron chi connectivity index (χ0n) is 10.6. The van der Waals surface area contributed by atoms with Crippen LogP contribution < -0.4 is 5.32 Å². The molecule has 18 heavy (non-hydrogen) atoms. The first-order valence-electron chi connectivity index (χ1n) is 5.49. The van der Waals surface area contributed by atoms with Crippen molar-refractivity contribution >= 4 is 17.8 Å². The highest BCUT2D eigenvalue weighted by Crippen LogP contribution is 2.18. The van der Waals surface area contributed by atoms with E-state index in [1.807, 2.05) is 0 Å². The maximum Gasteiger partial charge on any atom is 0.338 e. The number of carbonyl (C=O) groups excluding carboxylic acids is 1. The number of carbonyl (C=O) groups is 2. The van der Waals surface area contributed by atoms with Gasteiger partial charge in [0.15, 0.2) is 0 Å². The third-order valence-corrected chi connectivity index (χ3v) is 2.76. The van der Waals surface area contributed by atoms with Gasteiger partial charge in [-0.3, -0.25) is 0 Å². The Kier molecular flexibility index (Phi) is 4.25. The molecular formula is C12H16N2O4. The van der Waals surface area contributed by atoms with Crippen LogP contribution in [-0.4, -0.2) is 34.7 Å². The lowest BCUT2D eigenvalue weighted by Crippen LogP contribution is -2.42. The number of rotatable bonds is 5. The predicted molar refractivity (Wildman–Crippen MR) is 65.5 cm³/mol. The molecule has 1 heterocycles. The largest absolute Gasteiger partial charge is 0.480 e. The van der Waals surface area contributed by atoms with Crippen LogP contribution in [0.1, 0.15) is 30.6 Å². The van der Waals surface area contributed by atoms with Crippen molar-refractivity contribution in [2.45, 2.75) is 25.8 Å². The number of methoxy groups -OCH3 is 1. The van der Waals surface area contributed by atoms with Crippen molar-refractivity contribution in [1.29, 1.82) is 0 Å². The van der Waals surface area contributed by atoms with E-state index in [1.165, 1.54) is 25.4 Å². The van der Waals surface area contributed by atoms with Crippen LogP contribution in [-0.2, 0) is 9.53 Å². The second-order valence-electron chi connectivity index (χ2n) is 4.04.